The molecule has 3 aromatic rings. The molecule has 6 heteroatoms. The molecule has 2 aromatic heterocycles. The first-order valence-corrected chi connectivity index (χ1v) is 8.21. The van der Waals surface area contributed by atoms with Crippen LogP contribution in [0, 0.1) is 0 Å². The van der Waals surface area contributed by atoms with Gasteiger partial charge in [-0.2, -0.15) is 10.1 Å². The molecule has 0 aliphatic carbocycles. The van der Waals surface area contributed by atoms with E-state index in [-0.39, 0.29) is 5.41 Å². The fraction of sp³-hybridized carbons (Fsp3) is 0.263. The second kappa shape index (κ2) is 7.25. The Morgan fingerprint density at radius 3 is 2.36 bits per heavy atom. The maximum atomic E-state index is 4.44. The summed E-state index contributed by atoms with van der Waals surface area (Å²) in [5, 5.41) is 14.4. The first-order valence-electron chi connectivity index (χ1n) is 8.21. The molecule has 128 valence electrons. The van der Waals surface area contributed by atoms with E-state index in [1.807, 2.05) is 24.3 Å². The van der Waals surface area contributed by atoms with Gasteiger partial charge >= 0.3 is 0 Å². The molecule has 0 atom stereocenters. The summed E-state index contributed by atoms with van der Waals surface area (Å²) in [4.78, 5) is 8.44. The highest BCUT2D eigenvalue weighted by Crippen LogP contribution is 2.24. The highest BCUT2D eigenvalue weighted by atomic mass is 15.3. The number of hydrogen-bond donors (Lipinski definition) is 2. The monoisotopic (exact) mass is 334 g/mol. The van der Waals surface area contributed by atoms with E-state index in [2.05, 4.69) is 63.7 Å². The molecule has 0 spiro atoms. The van der Waals surface area contributed by atoms with Crippen LogP contribution in [0.25, 0.3) is 0 Å². The van der Waals surface area contributed by atoms with Gasteiger partial charge in [-0.1, -0.05) is 32.9 Å². The predicted octanol–water partition coefficient (Wildman–Crippen LogP) is 3.92. The van der Waals surface area contributed by atoms with Crippen molar-refractivity contribution in [2.24, 2.45) is 0 Å². The van der Waals surface area contributed by atoms with Crippen molar-refractivity contribution in [1.82, 2.24) is 20.2 Å². The summed E-state index contributed by atoms with van der Waals surface area (Å²) in [5.74, 6) is 1.13. The van der Waals surface area contributed by atoms with E-state index >= 15 is 0 Å². The van der Waals surface area contributed by atoms with Crippen LogP contribution in [0.15, 0.2) is 55.0 Å². The molecule has 3 rings (SSSR count). The molecular formula is C19H22N6. The van der Waals surface area contributed by atoms with Crippen molar-refractivity contribution in [3.63, 3.8) is 0 Å². The smallest absolute Gasteiger partial charge is 0.244 e. The van der Waals surface area contributed by atoms with Gasteiger partial charge in [0, 0.05) is 24.6 Å². The molecule has 0 bridgehead atoms. The Kier molecular flexibility index (Phi) is 4.88. The standard InChI is InChI=1S/C19H22N6/c1-19(2,3)15-4-6-16(7-5-15)23-17-13-22-25-18(24-17)21-12-14-8-10-20-11-9-14/h4-11,13H,12H2,1-3H3,(H2,21,23,24,25). The average molecular weight is 334 g/mol. The molecule has 0 radical (unpaired) electrons. The highest BCUT2D eigenvalue weighted by Gasteiger charge is 2.12. The zero-order valence-corrected chi connectivity index (χ0v) is 14.7. The van der Waals surface area contributed by atoms with Crippen molar-refractivity contribution in [1.29, 1.82) is 0 Å². The molecule has 0 aliphatic rings. The van der Waals surface area contributed by atoms with Crippen LogP contribution in [0.3, 0.4) is 0 Å². The number of rotatable bonds is 5. The molecular weight excluding hydrogens is 312 g/mol. The van der Waals surface area contributed by atoms with Crippen LogP contribution in [0.1, 0.15) is 31.9 Å². The maximum absolute atomic E-state index is 4.44. The Hall–Kier alpha value is -3.02. The summed E-state index contributed by atoms with van der Waals surface area (Å²) in [5.41, 5.74) is 3.50. The van der Waals surface area contributed by atoms with Crippen molar-refractivity contribution in [2.45, 2.75) is 32.7 Å². The van der Waals surface area contributed by atoms with Crippen molar-refractivity contribution >= 4 is 17.5 Å². The van der Waals surface area contributed by atoms with Crippen molar-refractivity contribution in [2.75, 3.05) is 10.6 Å². The Morgan fingerprint density at radius 2 is 1.68 bits per heavy atom. The van der Waals surface area contributed by atoms with Crippen LogP contribution in [0.5, 0.6) is 0 Å². The van der Waals surface area contributed by atoms with Gasteiger partial charge in [-0.05, 0) is 40.8 Å². The van der Waals surface area contributed by atoms with Crippen LogP contribution in [0.4, 0.5) is 17.5 Å². The van der Waals surface area contributed by atoms with Crippen molar-refractivity contribution < 1.29 is 0 Å². The first kappa shape index (κ1) is 16.8. The molecule has 2 heterocycles. The van der Waals surface area contributed by atoms with E-state index in [1.165, 1.54) is 5.56 Å². The quantitative estimate of drug-likeness (QED) is 0.736. The minimum absolute atomic E-state index is 0.138. The molecule has 25 heavy (non-hydrogen) atoms. The molecule has 0 unspecified atom stereocenters. The summed E-state index contributed by atoms with van der Waals surface area (Å²) in [6.07, 6.45) is 5.12. The minimum atomic E-state index is 0.138. The van der Waals surface area contributed by atoms with Gasteiger partial charge in [-0.25, -0.2) is 0 Å². The number of benzene rings is 1. The van der Waals surface area contributed by atoms with E-state index < -0.39 is 0 Å². The van der Waals surface area contributed by atoms with Crippen LogP contribution < -0.4 is 10.6 Å². The zero-order chi connectivity index (χ0) is 17.7. The summed E-state index contributed by atoms with van der Waals surface area (Å²) in [7, 11) is 0. The van der Waals surface area contributed by atoms with Gasteiger partial charge in [0.2, 0.25) is 5.95 Å². The summed E-state index contributed by atoms with van der Waals surface area (Å²) in [6, 6.07) is 12.2. The Morgan fingerprint density at radius 1 is 0.960 bits per heavy atom. The predicted molar refractivity (Wildman–Crippen MR) is 99.8 cm³/mol. The highest BCUT2D eigenvalue weighted by molar-refractivity contribution is 5.56. The lowest BCUT2D eigenvalue weighted by atomic mass is 9.87. The normalized spacial score (nSPS) is 11.2. The van der Waals surface area contributed by atoms with Gasteiger partial charge in [0.25, 0.3) is 0 Å². The average Bonchev–Trinajstić information content (AvgIpc) is 2.61. The van der Waals surface area contributed by atoms with Crippen LogP contribution in [-0.2, 0) is 12.0 Å². The lowest BCUT2D eigenvalue weighted by molar-refractivity contribution is 0.590. The largest absolute Gasteiger partial charge is 0.349 e. The minimum Gasteiger partial charge on any atom is -0.349 e. The Balaban J connectivity index is 1.65. The molecule has 2 N–H and O–H groups in total. The lowest BCUT2D eigenvalue weighted by Crippen LogP contribution is -2.10. The number of aromatic nitrogens is 4. The summed E-state index contributed by atoms with van der Waals surface area (Å²) < 4.78 is 0. The third kappa shape index (κ3) is 4.73. The second-order valence-electron chi connectivity index (χ2n) is 6.83. The van der Waals surface area contributed by atoms with Crippen molar-refractivity contribution in [3.8, 4) is 0 Å². The second-order valence-corrected chi connectivity index (χ2v) is 6.83. The fourth-order valence-corrected chi connectivity index (χ4v) is 2.32. The molecule has 0 saturated carbocycles. The van der Waals surface area contributed by atoms with E-state index in [1.54, 1.807) is 18.6 Å². The lowest BCUT2D eigenvalue weighted by Gasteiger charge is -2.19. The number of pyridine rings is 1. The van der Waals surface area contributed by atoms with Gasteiger partial charge in [0.15, 0.2) is 5.82 Å². The van der Waals surface area contributed by atoms with E-state index in [0.717, 1.165) is 11.3 Å². The molecule has 0 saturated heterocycles. The number of anilines is 3. The summed E-state index contributed by atoms with van der Waals surface area (Å²) in [6.45, 7) is 7.22. The molecule has 0 amide bonds. The number of nitrogens with one attached hydrogen (secondary N) is 2. The summed E-state index contributed by atoms with van der Waals surface area (Å²) >= 11 is 0. The van der Waals surface area contributed by atoms with Crippen LogP contribution in [-0.4, -0.2) is 20.2 Å². The van der Waals surface area contributed by atoms with Gasteiger partial charge in [-0.15, -0.1) is 5.10 Å². The van der Waals surface area contributed by atoms with E-state index in [4.69, 9.17) is 0 Å². The van der Waals surface area contributed by atoms with Crippen LogP contribution in [0.2, 0.25) is 0 Å². The fourth-order valence-electron chi connectivity index (χ4n) is 2.32. The SMILES string of the molecule is CC(C)(C)c1ccc(Nc2cnnc(NCc3ccncc3)n2)cc1. The van der Waals surface area contributed by atoms with Gasteiger partial charge in [-0.3, -0.25) is 4.98 Å². The van der Waals surface area contributed by atoms with Gasteiger partial charge in [0.1, 0.15) is 0 Å². The Labute approximate surface area is 147 Å². The number of hydrogen-bond acceptors (Lipinski definition) is 6. The number of nitrogens with zero attached hydrogens (tertiary/aromatic N) is 4. The molecule has 0 fully saturated rings. The topological polar surface area (TPSA) is 75.6 Å². The van der Waals surface area contributed by atoms with E-state index in [0.29, 0.717) is 18.3 Å². The van der Waals surface area contributed by atoms with E-state index in [9.17, 15) is 0 Å². The van der Waals surface area contributed by atoms with Crippen LogP contribution >= 0.6 is 0 Å². The molecule has 1 aromatic carbocycles. The first-order chi connectivity index (χ1) is 12.0. The molecule has 6 nitrogen and oxygen atoms in total. The molecule has 0 aliphatic heterocycles. The van der Waals surface area contributed by atoms with Gasteiger partial charge in [0.05, 0.1) is 6.20 Å². The van der Waals surface area contributed by atoms with Gasteiger partial charge < -0.3 is 10.6 Å². The third-order valence-electron chi connectivity index (χ3n) is 3.78. The Bertz CT molecular complexity index is 809. The third-order valence-corrected chi connectivity index (χ3v) is 3.78. The van der Waals surface area contributed by atoms with Crippen molar-refractivity contribution in [3.05, 3.63) is 66.1 Å². The zero-order valence-electron chi connectivity index (χ0n) is 14.7. The maximum Gasteiger partial charge on any atom is 0.244 e.